The molecule has 0 radical (unpaired) electrons. The number of amides is 1. The van der Waals surface area contributed by atoms with Crippen LogP contribution in [0.3, 0.4) is 0 Å². The van der Waals surface area contributed by atoms with Gasteiger partial charge in [-0.2, -0.15) is 0 Å². The number of carbonyl (C=O) groups is 1. The second-order valence-corrected chi connectivity index (χ2v) is 7.89. The molecule has 1 amide bonds. The van der Waals surface area contributed by atoms with Crippen LogP contribution in [0.25, 0.3) is 10.8 Å². The van der Waals surface area contributed by atoms with Crippen LogP contribution in [0.1, 0.15) is 23.4 Å². The summed E-state index contributed by atoms with van der Waals surface area (Å²) in [4.78, 5) is 19.2. The lowest BCUT2D eigenvalue weighted by molar-refractivity contribution is -0.127. The molecule has 5 nitrogen and oxygen atoms in total. The van der Waals surface area contributed by atoms with Crippen molar-refractivity contribution in [2.45, 2.75) is 19.5 Å². The van der Waals surface area contributed by atoms with Crippen LogP contribution in [0, 0.1) is 0 Å². The zero-order chi connectivity index (χ0) is 19.9. The van der Waals surface area contributed by atoms with Crippen LogP contribution in [-0.4, -0.2) is 37.4 Å². The first kappa shape index (κ1) is 23.2. The number of aliphatic imine (C=N–C) groups is 1. The second kappa shape index (κ2) is 11.2. The largest absolute Gasteiger partial charge is 0.351 e. The monoisotopic (exact) mass is 522 g/mol. The Hall–Kier alpha value is -2.13. The number of benzene rings is 2. The highest BCUT2D eigenvalue weighted by molar-refractivity contribution is 14.0. The average Bonchev–Trinajstić information content (AvgIpc) is 3.22. The van der Waals surface area contributed by atoms with Gasteiger partial charge in [0.05, 0.1) is 12.6 Å². The highest BCUT2D eigenvalue weighted by atomic mass is 127. The molecule has 154 valence electrons. The molecule has 1 heterocycles. The van der Waals surface area contributed by atoms with Crippen molar-refractivity contribution in [3.63, 3.8) is 0 Å². The fourth-order valence-corrected chi connectivity index (χ4v) is 3.43. The smallest absolute Gasteiger partial charge is 0.243 e. The molecule has 0 saturated heterocycles. The van der Waals surface area contributed by atoms with Gasteiger partial charge >= 0.3 is 0 Å². The zero-order valence-corrected chi connectivity index (χ0v) is 20.0. The molecule has 7 heteroatoms. The Balaban J connectivity index is 0.00000300. The van der Waals surface area contributed by atoms with E-state index in [1.165, 1.54) is 21.2 Å². The van der Waals surface area contributed by atoms with E-state index >= 15 is 0 Å². The number of guanidine groups is 1. The van der Waals surface area contributed by atoms with Gasteiger partial charge in [-0.1, -0.05) is 42.5 Å². The van der Waals surface area contributed by atoms with Crippen LogP contribution in [-0.2, 0) is 11.3 Å². The molecule has 1 aromatic heterocycles. The number of hydrogen-bond acceptors (Lipinski definition) is 3. The summed E-state index contributed by atoms with van der Waals surface area (Å²) in [7, 11) is 3.48. The standard InChI is InChI=1S/C22H26N4OS.HI/c1-16(18-11-10-17-7-4-5-8-19(17)13-18)25-22(24-15-21(27)26(2)3)23-14-20-9-6-12-28-20;/h4-13,16H,14-15H2,1-3H3,(H2,23,24,25);1H. The van der Waals surface area contributed by atoms with Gasteiger partial charge in [0.15, 0.2) is 5.96 Å². The van der Waals surface area contributed by atoms with Gasteiger partial charge in [0.1, 0.15) is 6.54 Å². The second-order valence-electron chi connectivity index (χ2n) is 6.86. The van der Waals surface area contributed by atoms with E-state index in [4.69, 9.17) is 0 Å². The Morgan fingerprint density at radius 2 is 1.86 bits per heavy atom. The van der Waals surface area contributed by atoms with Crippen molar-refractivity contribution in [1.82, 2.24) is 15.5 Å². The van der Waals surface area contributed by atoms with Crippen LogP contribution in [0.15, 0.2) is 65.0 Å². The van der Waals surface area contributed by atoms with Gasteiger partial charge in [-0.05, 0) is 40.8 Å². The number of thiophene rings is 1. The molecule has 0 aliphatic carbocycles. The predicted octanol–water partition coefficient (Wildman–Crippen LogP) is 4.40. The van der Waals surface area contributed by atoms with Crippen molar-refractivity contribution >= 4 is 58.0 Å². The Morgan fingerprint density at radius 3 is 2.55 bits per heavy atom. The molecule has 2 aromatic carbocycles. The third-order valence-electron chi connectivity index (χ3n) is 4.51. The lowest BCUT2D eigenvalue weighted by Crippen LogP contribution is -2.39. The van der Waals surface area contributed by atoms with Crippen LogP contribution < -0.4 is 10.6 Å². The zero-order valence-electron chi connectivity index (χ0n) is 16.9. The highest BCUT2D eigenvalue weighted by Gasteiger charge is 2.11. The number of halogens is 1. The first-order chi connectivity index (χ1) is 13.5. The Bertz CT molecular complexity index is 956. The van der Waals surface area contributed by atoms with E-state index in [0.29, 0.717) is 12.5 Å². The molecule has 0 fully saturated rings. The number of rotatable bonds is 6. The topological polar surface area (TPSA) is 56.7 Å². The van der Waals surface area contributed by atoms with Crippen LogP contribution in [0.5, 0.6) is 0 Å². The first-order valence-electron chi connectivity index (χ1n) is 9.29. The number of nitrogens with one attached hydrogen (secondary N) is 2. The van der Waals surface area contributed by atoms with Crippen LogP contribution in [0.4, 0.5) is 0 Å². The van der Waals surface area contributed by atoms with Gasteiger partial charge in [-0.15, -0.1) is 35.3 Å². The average molecular weight is 522 g/mol. The molecule has 2 N–H and O–H groups in total. The molecule has 0 aliphatic rings. The Kier molecular flexibility index (Phi) is 8.91. The van der Waals surface area contributed by atoms with Crippen LogP contribution in [0.2, 0.25) is 0 Å². The fourth-order valence-electron chi connectivity index (χ4n) is 2.79. The highest BCUT2D eigenvalue weighted by Crippen LogP contribution is 2.20. The molecule has 0 saturated carbocycles. The van der Waals surface area contributed by atoms with Gasteiger partial charge in [0.25, 0.3) is 0 Å². The molecule has 0 bridgehead atoms. The van der Waals surface area contributed by atoms with Gasteiger partial charge in [-0.3, -0.25) is 4.79 Å². The predicted molar refractivity (Wildman–Crippen MR) is 133 cm³/mol. The summed E-state index contributed by atoms with van der Waals surface area (Å²) < 4.78 is 0. The maximum Gasteiger partial charge on any atom is 0.243 e. The number of nitrogens with zero attached hydrogens (tertiary/aromatic N) is 2. The third-order valence-corrected chi connectivity index (χ3v) is 5.38. The first-order valence-corrected chi connectivity index (χ1v) is 10.2. The minimum Gasteiger partial charge on any atom is -0.351 e. The van der Waals surface area contributed by atoms with E-state index in [0.717, 1.165) is 0 Å². The summed E-state index contributed by atoms with van der Waals surface area (Å²) in [6.45, 7) is 2.88. The summed E-state index contributed by atoms with van der Waals surface area (Å²) in [5, 5.41) is 11.2. The van der Waals surface area contributed by atoms with E-state index in [-0.39, 0.29) is 42.5 Å². The maximum absolute atomic E-state index is 11.9. The quantitative estimate of drug-likeness (QED) is 0.287. The number of likely N-dealkylation sites (N-methyl/N-ethyl adjacent to an activating group) is 1. The third kappa shape index (κ3) is 6.71. The maximum atomic E-state index is 11.9. The summed E-state index contributed by atoms with van der Waals surface area (Å²) in [6, 6.07) is 18.9. The van der Waals surface area contributed by atoms with Gasteiger partial charge in [0.2, 0.25) is 5.91 Å². The molecule has 0 aliphatic heterocycles. The lowest BCUT2D eigenvalue weighted by atomic mass is 10.0. The molecule has 3 aromatic rings. The van der Waals surface area contributed by atoms with Crippen molar-refractivity contribution in [2.75, 3.05) is 20.6 Å². The number of hydrogen-bond donors (Lipinski definition) is 2. The fraction of sp³-hybridized carbons (Fsp3) is 0.273. The van der Waals surface area contributed by atoms with Crippen molar-refractivity contribution in [1.29, 1.82) is 0 Å². The van der Waals surface area contributed by atoms with E-state index in [1.807, 2.05) is 18.2 Å². The minimum atomic E-state index is -0.0319. The normalized spacial score (nSPS) is 12.2. The van der Waals surface area contributed by atoms with Crippen molar-refractivity contribution in [3.05, 3.63) is 70.4 Å². The van der Waals surface area contributed by atoms with E-state index in [1.54, 1.807) is 30.3 Å². The molecule has 3 rings (SSSR count). The summed E-state index contributed by atoms with van der Waals surface area (Å²) in [6.07, 6.45) is 0. The SMILES string of the molecule is CC(NC(=NCC(=O)N(C)C)NCc1cccs1)c1ccc2ccccc2c1.I. The minimum absolute atomic E-state index is 0. The van der Waals surface area contributed by atoms with Crippen molar-refractivity contribution in [3.8, 4) is 0 Å². The molecule has 1 atom stereocenters. The Labute approximate surface area is 193 Å². The van der Waals surface area contributed by atoms with Crippen molar-refractivity contribution < 1.29 is 4.79 Å². The molecule has 29 heavy (non-hydrogen) atoms. The lowest BCUT2D eigenvalue weighted by Gasteiger charge is -2.19. The van der Waals surface area contributed by atoms with Gasteiger partial charge in [-0.25, -0.2) is 4.99 Å². The number of carbonyl (C=O) groups excluding carboxylic acids is 1. The van der Waals surface area contributed by atoms with E-state index in [9.17, 15) is 4.79 Å². The summed E-state index contributed by atoms with van der Waals surface area (Å²) in [5.74, 6) is 0.597. The van der Waals surface area contributed by atoms with Crippen molar-refractivity contribution in [2.24, 2.45) is 4.99 Å². The van der Waals surface area contributed by atoms with E-state index in [2.05, 4.69) is 64.3 Å². The van der Waals surface area contributed by atoms with Crippen LogP contribution >= 0.6 is 35.3 Å². The summed E-state index contributed by atoms with van der Waals surface area (Å²) >= 11 is 1.69. The molecular formula is C22H27IN4OS. The van der Waals surface area contributed by atoms with Gasteiger partial charge in [0, 0.05) is 19.0 Å². The van der Waals surface area contributed by atoms with E-state index < -0.39 is 0 Å². The Morgan fingerprint density at radius 1 is 1.10 bits per heavy atom. The molecular weight excluding hydrogens is 495 g/mol. The molecule has 0 spiro atoms. The number of fused-ring (bicyclic) bond motifs is 1. The summed E-state index contributed by atoms with van der Waals surface area (Å²) in [5.41, 5.74) is 1.17. The van der Waals surface area contributed by atoms with Gasteiger partial charge < -0.3 is 15.5 Å². The molecule has 1 unspecified atom stereocenters.